The van der Waals surface area contributed by atoms with Gasteiger partial charge in [-0.2, -0.15) is 0 Å². The molecule has 4 rings (SSSR count). The molecule has 1 amide bonds. The molecule has 2 aliphatic heterocycles. The van der Waals surface area contributed by atoms with E-state index in [4.69, 9.17) is 4.74 Å². The van der Waals surface area contributed by atoms with Gasteiger partial charge in [-0.05, 0) is 36.1 Å². The van der Waals surface area contributed by atoms with E-state index in [-0.39, 0.29) is 12.5 Å². The lowest BCUT2D eigenvalue weighted by atomic mass is 10.0. The lowest BCUT2D eigenvalue weighted by Crippen LogP contribution is -2.40. The van der Waals surface area contributed by atoms with Gasteiger partial charge in [0.05, 0.1) is 6.61 Å². The molecule has 0 aliphatic carbocycles. The van der Waals surface area contributed by atoms with E-state index in [0.717, 1.165) is 41.9 Å². The highest BCUT2D eigenvalue weighted by molar-refractivity contribution is 5.78. The largest absolute Gasteiger partial charge is 0.370 e. The maximum Gasteiger partial charge on any atom is 0.248 e. The Labute approximate surface area is 147 Å². The van der Waals surface area contributed by atoms with Crippen molar-refractivity contribution in [3.05, 3.63) is 41.9 Å². The van der Waals surface area contributed by atoms with Crippen molar-refractivity contribution in [1.82, 2.24) is 14.9 Å². The molecule has 0 radical (unpaired) electrons. The van der Waals surface area contributed by atoms with E-state index in [1.165, 1.54) is 5.56 Å². The molecule has 0 bridgehead atoms. The van der Waals surface area contributed by atoms with Gasteiger partial charge in [0.1, 0.15) is 12.4 Å². The van der Waals surface area contributed by atoms with Crippen molar-refractivity contribution in [3.8, 4) is 11.1 Å². The zero-order chi connectivity index (χ0) is 17.2. The predicted octanol–water partition coefficient (Wildman–Crippen LogP) is 1.88. The summed E-state index contributed by atoms with van der Waals surface area (Å²) in [6.07, 6.45) is 7.83. The summed E-state index contributed by atoms with van der Waals surface area (Å²) in [5, 5.41) is 0. The van der Waals surface area contributed by atoms with Crippen LogP contribution in [0.25, 0.3) is 11.1 Å². The summed E-state index contributed by atoms with van der Waals surface area (Å²) < 4.78 is 5.19. The Balaban J connectivity index is 1.58. The van der Waals surface area contributed by atoms with Crippen molar-refractivity contribution in [2.45, 2.75) is 19.4 Å². The summed E-state index contributed by atoms with van der Waals surface area (Å²) in [7, 11) is 2.09. The second-order valence-corrected chi connectivity index (χ2v) is 6.68. The van der Waals surface area contributed by atoms with Crippen LogP contribution in [0.15, 0.2) is 30.7 Å². The third-order valence-electron chi connectivity index (χ3n) is 4.83. The second-order valence-electron chi connectivity index (χ2n) is 6.68. The number of rotatable bonds is 3. The van der Waals surface area contributed by atoms with Crippen LogP contribution in [0.3, 0.4) is 0 Å². The Bertz CT molecular complexity index is 793. The Morgan fingerprint density at radius 2 is 2.04 bits per heavy atom. The highest BCUT2D eigenvalue weighted by Crippen LogP contribution is 2.28. The van der Waals surface area contributed by atoms with Crippen LogP contribution in [0.4, 0.5) is 5.82 Å². The van der Waals surface area contributed by atoms with Crippen molar-refractivity contribution in [1.29, 1.82) is 0 Å². The first-order chi connectivity index (χ1) is 12.2. The summed E-state index contributed by atoms with van der Waals surface area (Å²) in [5.74, 6) is 1.12. The molecule has 0 atom stereocenters. The molecule has 2 aliphatic rings. The van der Waals surface area contributed by atoms with Crippen LogP contribution in [-0.2, 0) is 22.5 Å². The van der Waals surface area contributed by atoms with Gasteiger partial charge in [0.15, 0.2) is 0 Å². The minimum atomic E-state index is 0.0372. The molecule has 0 N–H and O–H groups in total. The molecule has 0 spiro atoms. The van der Waals surface area contributed by atoms with Crippen LogP contribution in [0.2, 0.25) is 0 Å². The Morgan fingerprint density at radius 1 is 1.16 bits per heavy atom. The number of hydrogen-bond donors (Lipinski definition) is 0. The number of ether oxygens (including phenoxy) is 1. The number of fused-ring (bicyclic) bond motifs is 1. The first-order valence-electron chi connectivity index (χ1n) is 8.70. The fourth-order valence-corrected chi connectivity index (χ4v) is 3.47. The zero-order valence-corrected chi connectivity index (χ0v) is 14.4. The first-order valence-corrected chi connectivity index (χ1v) is 8.70. The zero-order valence-electron chi connectivity index (χ0n) is 14.4. The molecule has 1 fully saturated rings. The number of hydrogen-bond acceptors (Lipinski definition) is 5. The van der Waals surface area contributed by atoms with Gasteiger partial charge >= 0.3 is 0 Å². The van der Waals surface area contributed by atoms with E-state index in [1.807, 2.05) is 23.5 Å². The number of anilines is 1. The quantitative estimate of drug-likeness (QED) is 0.855. The van der Waals surface area contributed by atoms with Crippen molar-refractivity contribution in [2.75, 3.05) is 38.3 Å². The summed E-state index contributed by atoms with van der Waals surface area (Å²) in [6.45, 7) is 3.04. The maximum atomic E-state index is 11.9. The third kappa shape index (κ3) is 3.35. The van der Waals surface area contributed by atoms with Crippen molar-refractivity contribution < 1.29 is 9.53 Å². The van der Waals surface area contributed by atoms with Gasteiger partial charge in [0, 0.05) is 56.4 Å². The second kappa shape index (κ2) is 6.80. The molecular weight excluding hydrogens is 316 g/mol. The SMILES string of the molecule is CN1CCCc2cc(-c3cncc(CN4CCOCC4=O)c3)cnc21. The Hall–Kier alpha value is -2.47. The molecule has 0 unspecified atom stereocenters. The van der Waals surface area contributed by atoms with Gasteiger partial charge in [0.25, 0.3) is 0 Å². The lowest BCUT2D eigenvalue weighted by molar-refractivity contribution is -0.143. The predicted molar refractivity (Wildman–Crippen MR) is 95.3 cm³/mol. The van der Waals surface area contributed by atoms with Crippen LogP contribution >= 0.6 is 0 Å². The summed E-state index contributed by atoms with van der Waals surface area (Å²) in [5.41, 5.74) is 4.45. The molecule has 0 aromatic carbocycles. The van der Waals surface area contributed by atoms with Gasteiger partial charge in [-0.15, -0.1) is 0 Å². The van der Waals surface area contributed by atoms with Gasteiger partial charge < -0.3 is 14.5 Å². The van der Waals surface area contributed by atoms with Gasteiger partial charge in [-0.3, -0.25) is 9.78 Å². The van der Waals surface area contributed by atoms with Crippen LogP contribution in [0, 0.1) is 0 Å². The average Bonchev–Trinajstić information content (AvgIpc) is 2.64. The van der Waals surface area contributed by atoms with E-state index < -0.39 is 0 Å². The topological polar surface area (TPSA) is 58.6 Å². The highest BCUT2D eigenvalue weighted by Gasteiger charge is 2.19. The molecule has 130 valence electrons. The van der Waals surface area contributed by atoms with Crippen molar-refractivity contribution in [3.63, 3.8) is 0 Å². The summed E-state index contributed by atoms with van der Waals surface area (Å²) in [6, 6.07) is 4.32. The van der Waals surface area contributed by atoms with Crippen LogP contribution in [0.1, 0.15) is 17.5 Å². The maximum absolute atomic E-state index is 11.9. The normalized spacial score (nSPS) is 17.6. The van der Waals surface area contributed by atoms with Crippen molar-refractivity contribution >= 4 is 11.7 Å². The van der Waals surface area contributed by atoms with E-state index in [2.05, 4.69) is 34.0 Å². The molecule has 6 heteroatoms. The van der Waals surface area contributed by atoms with E-state index >= 15 is 0 Å². The van der Waals surface area contributed by atoms with Crippen LogP contribution in [-0.4, -0.2) is 54.1 Å². The minimum Gasteiger partial charge on any atom is -0.370 e. The van der Waals surface area contributed by atoms with Gasteiger partial charge in [-0.1, -0.05) is 0 Å². The number of aryl methyl sites for hydroxylation is 1. The Kier molecular flexibility index (Phi) is 4.36. The van der Waals surface area contributed by atoms with E-state index in [9.17, 15) is 4.79 Å². The molecule has 0 saturated carbocycles. The summed E-state index contributed by atoms with van der Waals surface area (Å²) >= 11 is 0. The smallest absolute Gasteiger partial charge is 0.248 e. The first kappa shape index (κ1) is 16.0. The fourth-order valence-electron chi connectivity index (χ4n) is 3.47. The molecule has 25 heavy (non-hydrogen) atoms. The standard InChI is InChI=1S/C19H22N4O2/c1-22-4-2-3-15-8-17(11-21-19(15)22)16-7-14(9-20-10-16)12-23-5-6-25-13-18(23)24/h7-11H,2-6,12-13H2,1H3. The Morgan fingerprint density at radius 3 is 2.92 bits per heavy atom. The molecule has 4 heterocycles. The minimum absolute atomic E-state index is 0.0372. The summed E-state index contributed by atoms with van der Waals surface area (Å²) in [4.78, 5) is 25.0. The molecule has 2 aromatic heterocycles. The number of nitrogens with zero attached hydrogens (tertiary/aromatic N) is 4. The number of pyridine rings is 2. The van der Waals surface area contributed by atoms with Crippen LogP contribution < -0.4 is 4.90 Å². The van der Waals surface area contributed by atoms with Crippen LogP contribution in [0.5, 0.6) is 0 Å². The van der Waals surface area contributed by atoms with E-state index in [0.29, 0.717) is 19.7 Å². The highest BCUT2D eigenvalue weighted by atomic mass is 16.5. The number of aromatic nitrogens is 2. The average molecular weight is 338 g/mol. The molecule has 1 saturated heterocycles. The monoisotopic (exact) mass is 338 g/mol. The number of carbonyl (C=O) groups is 1. The third-order valence-corrected chi connectivity index (χ3v) is 4.83. The number of carbonyl (C=O) groups excluding carboxylic acids is 1. The number of morpholine rings is 1. The van der Waals surface area contributed by atoms with Gasteiger partial charge in [-0.25, -0.2) is 4.98 Å². The lowest BCUT2D eigenvalue weighted by Gasteiger charge is -2.27. The molecule has 6 nitrogen and oxygen atoms in total. The molecular formula is C19H22N4O2. The molecule has 2 aromatic rings. The fraction of sp³-hybridized carbons (Fsp3) is 0.421. The van der Waals surface area contributed by atoms with E-state index in [1.54, 1.807) is 0 Å². The van der Waals surface area contributed by atoms with Crippen molar-refractivity contribution in [2.24, 2.45) is 0 Å². The number of amides is 1. The van der Waals surface area contributed by atoms with Gasteiger partial charge in [0.2, 0.25) is 5.91 Å².